The van der Waals surface area contributed by atoms with Gasteiger partial charge in [-0.2, -0.15) is 0 Å². The highest BCUT2D eigenvalue weighted by atomic mass is 16.7. The molecule has 5 fully saturated rings. The minimum Gasteiger partial charge on any atom is -0.465 e. The van der Waals surface area contributed by atoms with E-state index in [1.807, 2.05) is 0 Å². The minimum absolute atomic E-state index is 0.0475. The second-order valence-electron chi connectivity index (χ2n) is 10.5. The number of rotatable bonds is 7. The van der Waals surface area contributed by atoms with Gasteiger partial charge in [-0.15, -0.1) is 0 Å². The zero-order valence-corrected chi connectivity index (χ0v) is 18.7. The van der Waals surface area contributed by atoms with Gasteiger partial charge in [0, 0.05) is 5.92 Å². The topological polar surface area (TPSA) is 96.1 Å². The molecule has 0 amide bonds. The Labute approximate surface area is 183 Å². The van der Waals surface area contributed by atoms with Crippen LogP contribution in [0.2, 0.25) is 0 Å². The Hall–Kier alpha value is -1.22. The van der Waals surface area contributed by atoms with Gasteiger partial charge in [0.25, 0.3) is 0 Å². The first-order valence-corrected chi connectivity index (χ1v) is 11.7. The molecule has 2 aliphatic carbocycles. The smallest absolute Gasteiger partial charge is 0.320 e. The number of carbonyl (C=O) groups excluding carboxylic acids is 2. The highest BCUT2D eigenvalue weighted by Crippen LogP contribution is 2.51. The van der Waals surface area contributed by atoms with E-state index in [4.69, 9.17) is 28.4 Å². The molecule has 3 aliphatic heterocycles. The van der Waals surface area contributed by atoms with Crippen molar-refractivity contribution >= 4 is 11.9 Å². The van der Waals surface area contributed by atoms with Crippen molar-refractivity contribution in [1.82, 2.24) is 0 Å². The molecule has 174 valence electrons. The van der Waals surface area contributed by atoms with Crippen LogP contribution >= 0.6 is 0 Å². The Balaban J connectivity index is 0.990. The van der Waals surface area contributed by atoms with Crippen LogP contribution in [0.5, 0.6) is 0 Å². The lowest BCUT2D eigenvalue weighted by molar-refractivity contribution is -0.165. The van der Waals surface area contributed by atoms with E-state index in [1.165, 1.54) is 6.92 Å². The average molecular weight is 439 g/mol. The average Bonchev–Trinajstić information content (AvgIpc) is 3.55. The number of hydrogen-bond acceptors (Lipinski definition) is 8. The van der Waals surface area contributed by atoms with E-state index in [9.17, 15) is 9.59 Å². The van der Waals surface area contributed by atoms with Crippen molar-refractivity contribution in [3.05, 3.63) is 0 Å². The molecule has 0 N–H and O–H groups in total. The van der Waals surface area contributed by atoms with Crippen molar-refractivity contribution in [2.24, 2.45) is 17.8 Å². The van der Waals surface area contributed by atoms with Gasteiger partial charge >= 0.3 is 11.9 Å². The van der Waals surface area contributed by atoms with Crippen LogP contribution in [-0.4, -0.2) is 67.6 Å². The Kier molecular flexibility index (Phi) is 5.56. The molecule has 5 rings (SSSR count). The van der Waals surface area contributed by atoms with Gasteiger partial charge in [0.15, 0.2) is 12.2 Å². The Morgan fingerprint density at radius 2 is 1.61 bits per heavy atom. The maximum atomic E-state index is 12.3. The molecule has 0 spiro atoms. The van der Waals surface area contributed by atoms with E-state index in [1.54, 1.807) is 0 Å². The van der Waals surface area contributed by atoms with Crippen LogP contribution in [0.15, 0.2) is 0 Å². The van der Waals surface area contributed by atoms with Gasteiger partial charge in [0.05, 0.1) is 36.6 Å². The fourth-order valence-corrected chi connectivity index (χ4v) is 5.32. The fourth-order valence-electron chi connectivity index (χ4n) is 5.32. The van der Waals surface area contributed by atoms with Crippen LogP contribution in [0, 0.1) is 17.8 Å². The molecule has 0 aromatic rings. The van der Waals surface area contributed by atoms with Gasteiger partial charge in [-0.25, -0.2) is 0 Å². The second kappa shape index (κ2) is 7.97. The van der Waals surface area contributed by atoms with Crippen LogP contribution in [0.4, 0.5) is 0 Å². The predicted octanol–water partition coefficient (Wildman–Crippen LogP) is 2.37. The van der Waals surface area contributed by atoms with E-state index in [0.29, 0.717) is 37.3 Å². The lowest BCUT2D eigenvalue weighted by Gasteiger charge is -2.26. The van der Waals surface area contributed by atoms with E-state index >= 15 is 0 Å². The second-order valence-corrected chi connectivity index (χ2v) is 10.5. The van der Waals surface area contributed by atoms with Crippen LogP contribution < -0.4 is 0 Å². The van der Waals surface area contributed by atoms with Crippen LogP contribution in [0.1, 0.15) is 59.3 Å². The standard InChI is InChI=1S/C23H34O8/c1-13(19(24)26-10-14-4-6-22(2)17(8-14)30-22)20(25)27-11-16-12-28-21(29-16)15-5-7-23(3)18(9-15)31-23/h13-18,21H,4-12H2,1-3H3/t13?,14?,15?,16?,17?,18?,21?,22-,23?/m1/s1. The SMILES string of the molecule is CC(C(=O)OCC1CC[C@@]2(C)OC2C1)C(=O)OCC1COC(C2CCC3(C)OC3C2)O1. The number of hydrogen-bond donors (Lipinski definition) is 0. The molecule has 0 aromatic carbocycles. The highest BCUT2D eigenvalue weighted by molar-refractivity contribution is 5.94. The Morgan fingerprint density at radius 3 is 2.29 bits per heavy atom. The predicted molar refractivity (Wildman–Crippen MR) is 107 cm³/mol. The molecule has 8 heteroatoms. The van der Waals surface area contributed by atoms with E-state index in [0.717, 1.165) is 38.5 Å². The molecule has 0 bridgehead atoms. The summed E-state index contributed by atoms with van der Waals surface area (Å²) in [6, 6.07) is 0. The van der Waals surface area contributed by atoms with Crippen molar-refractivity contribution in [2.75, 3.05) is 19.8 Å². The number of esters is 2. The van der Waals surface area contributed by atoms with Crippen LogP contribution in [-0.2, 0) is 38.0 Å². The van der Waals surface area contributed by atoms with Gasteiger partial charge in [-0.3, -0.25) is 9.59 Å². The summed E-state index contributed by atoms with van der Waals surface area (Å²) in [7, 11) is 0. The molecule has 8 nitrogen and oxygen atoms in total. The van der Waals surface area contributed by atoms with Gasteiger partial charge in [0.2, 0.25) is 0 Å². The molecular formula is C23H34O8. The largest absolute Gasteiger partial charge is 0.465 e. The summed E-state index contributed by atoms with van der Waals surface area (Å²) in [5.74, 6) is -1.46. The van der Waals surface area contributed by atoms with Crippen molar-refractivity contribution in [3.8, 4) is 0 Å². The number of epoxide rings is 2. The monoisotopic (exact) mass is 438 g/mol. The lowest BCUT2D eigenvalue weighted by atomic mass is 9.82. The first-order chi connectivity index (χ1) is 14.8. The zero-order chi connectivity index (χ0) is 21.8. The first-order valence-electron chi connectivity index (χ1n) is 11.7. The number of fused-ring (bicyclic) bond motifs is 2. The van der Waals surface area contributed by atoms with Gasteiger partial charge in [-0.1, -0.05) is 0 Å². The molecule has 0 aromatic heterocycles. The lowest BCUT2D eigenvalue weighted by Crippen LogP contribution is -2.32. The third-order valence-corrected chi connectivity index (χ3v) is 7.93. The van der Waals surface area contributed by atoms with Crippen molar-refractivity contribution in [1.29, 1.82) is 0 Å². The van der Waals surface area contributed by atoms with Crippen molar-refractivity contribution in [3.63, 3.8) is 0 Å². The van der Waals surface area contributed by atoms with Crippen LogP contribution in [0.3, 0.4) is 0 Å². The Morgan fingerprint density at radius 1 is 0.968 bits per heavy atom. The maximum Gasteiger partial charge on any atom is 0.320 e. The quantitative estimate of drug-likeness (QED) is 0.340. The summed E-state index contributed by atoms with van der Waals surface area (Å²) >= 11 is 0. The van der Waals surface area contributed by atoms with Crippen LogP contribution in [0.25, 0.3) is 0 Å². The molecule has 3 heterocycles. The zero-order valence-electron chi connectivity index (χ0n) is 18.7. The van der Waals surface area contributed by atoms with Crippen molar-refractivity contribution < 1.29 is 38.0 Å². The minimum atomic E-state index is -0.952. The number of carbonyl (C=O) groups is 2. The van der Waals surface area contributed by atoms with E-state index in [-0.39, 0.29) is 30.2 Å². The van der Waals surface area contributed by atoms with E-state index in [2.05, 4.69) is 13.8 Å². The molecule has 2 saturated carbocycles. The summed E-state index contributed by atoms with van der Waals surface area (Å²) in [5.41, 5.74) is 0.115. The normalized spacial score (nSPS) is 46.4. The molecule has 8 unspecified atom stereocenters. The molecule has 5 aliphatic rings. The summed E-state index contributed by atoms with van der Waals surface area (Å²) in [4.78, 5) is 24.6. The summed E-state index contributed by atoms with van der Waals surface area (Å²) in [5, 5.41) is 0. The third-order valence-electron chi connectivity index (χ3n) is 7.93. The molecule has 31 heavy (non-hydrogen) atoms. The van der Waals surface area contributed by atoms with E-state index < -0.39 is 17.9 Å². The first kappa shape index (κ1) is 21.6. The molecule has 3 saturated heterocycles. The molecule has 9 atom stereocenters. The molecule has 0 radical (unpaired) electrons. The fraction of sp³-hybridized carbons (Fsp3) is 0.913. The third kappa shape index (κ3) is 4.49. The van der Waals surface area contributed by atoms with Crippen molar-refractivity contribution in [2.45, 2.75) is 95.1 Å². The maximum absolute atomic E-state index is 12.3. The Bertz CT molecular complexity index is 726. The summed E-state index contributed by atoms with van der Waals surface area (Å²) in [6.07, 6.45) is 5.91. The summed E-state index contributed by atoms with van der Waals surface area (Å²) in [6.45, 7) is 6.61. The summed E-state index contributed by atoms with van der Waals surface area (Å²) < 4.78 is 33.9. The van der Waals surface area contributed by atoms with Gasteiger partial charge in [-0.05, 0) is 65.2 Å². The highest BCUT2D eigenvalue weighted by Gasteiger charge is 2.57. The van der Waals surface area contributed by atoms with Gasteiger partial charge in [0.1, 0.15) is 12.7 Å². The van der Waals surface area contributed by atoms with Gasteiger partial charge < -0.3 is 28.4 Å². The number of ether oxygens (including phenoxy) is 6. The molecular weight excluding hydrogens is 404 g/mol.